The van der Waals surface area contributed by atoms with E-state index in [2.05, 4.69) is 26.6 Å². The number of nitrogens with zero attached hydrogens (tertiary/aromatic N) is 2. The number of aliphatic hydroxyl groups is 2. The van der Waals surface area contributed by atoms with E-state index in [9.17, 15) is 116 Å². The van der Waals surface area contributed by atoms with Crippen molar-refractivity contribution in [1.29, 1.82) is 0 Å². The van der Waals surface area contributed by atoms with E-state index in [1.165, 1.54) is 54.6 Å². The van der Waals surface area contributed by atoms with Crippen LogP contribution in [-0.4, -0.2) is 245 Å². The first-order chi connectivity index (χ1) is 57.7. The number of nitrogens with one attached hydrogen (secondary N) is 5. The molecule has 0 aliphatic carbocycles. The summed E-state index contributed by atoms with van der Waals surface area (Å²) in [7, 11) is -4.66. The molecule has 2 aliphatic rings. The number of esters is 2. The molecule has 2 aliphatic heterocycles. The number of amides is 9. The fourth-order valence-electron chi connectivity index (χ4n) is 10.7. The van der Waals surface area contributed by atoms with Crippen molar-refractivity contribution >= 4 is 98.2 Å². The van der Waals surface area contributed by atoms with Crippen LogP contribution in [0, 0.1) is 16.7 Å². The number of carbonyl (C=O) groups excluding carboxylic acids is 13. The second kappa shape index (κ2) is 50.5. The number of Topliss-reactive ketones (excluding diaryl/α,β-unsaturated/α-hetero) is 2. The lowest BCUT2D eigenvalue weighted by atomic mass is 9.97. The van der Waals surface area contributed by atoms with Crippen molar-refractivity contribution in [3.8, 4) is 57.5 Å². The molecule has 0 unspecified atom stereocenters. The van der Waals surface area contributed by atoms with Crippen LogP contribution < -0.4 is 36.1 Å². The number of rotatable bonds is 53. The molecule has 0 spiro atoms. The Labute approximate surface area is 702 Å². The molecule has 0 aromatic heterocycles. The molecule has 6 rings (SSSR count). The molecule has 40 nitrogen and oxygen atoms in total. The van der Waals surface area contributed by atoms with Crippen molar-refractivity contribution in [3.05, 3.63) is 95.1 Å². The molecule has 0 fully saturated rings. The van der Waals surface area contributed by atoms with Crippen molar-refractivity contribution < 1.29 is 159 Å². The monoisotopic (exact) mass is 1740 g/mol. The number of aromatic hydroxyl groups is 6. The van der Waals surface area contributed by atoms with Gasteiger partial charge in [0.05, 0.1) is 99.9 Å². The Hall–Kier alpha value is -11.7. The van der Waals surface area contributed by atoms with Gasteiger partial charge in [-0.25, -0.2) is 0 Å². The Morgan fingerprint density at radius 2 is 0.869 bits per heavy atom. The normalized spacial score (nSPS) is 12.8. The number of hydrogen-bond donors (Lipinski definition) is 14. The maximum absolute atomic E-state index is 13.0. The van der Waals surface area contributed by atoms with Gasteiger partial charge in [0.25, 0.3) is 33.7 Å². The zero-order chi connectivity index (χ0) is 90.3. The smallest absolute Gasteiger partial charge is 0.311 e. The summed E-state index contributed by atoms with van der Waals surface area (Å²) in [6, 6.07) is 11.0. The highest BCUT2D eigenvalue weighted by Gasteiger charge is 2.31. The van der Waals surface area contributed by atoms with E-state index < -0.39 is 147 Å². The van der Waals surface area contributed by atoms with Crippen LogP contribution in [-0.2, 0) is 132 Å². The number of ether oxygens (including phenoxy) is 9. The summed E-state index contributed by atoms with van der Waals surface area (Å²) in [5.74, 6) is -14.2. The number of carbonyl (C=O) groups is 13. The summed E-state index contributed by atoms with van der Waals surface area (Å²) in [5, 5.41) is 92.6. The fourth-order valence-corrected chi connectivity index (χ4v) is 11.5. The molecule has 9 amide bonds. The molecule has 122 heavy (non-hydrogen) atoms. The highest BCUT2D eigenvalue weighted by molar-refractivity contribution is 7.85. The van der Waals surface area contributed by atoms with Gasteiger partial charge in [-0.2, -0.15) is 8.42 Å². The van der Waals surface area contributed by atoms with Gasteiger partial charge in [0, 0.05) is 120 Å². The summed E-state index contributed by atoms with van der Waals surface area (Å²) in [5.41, 5.74) is -0.775. The van der Waals surface area contributed by atoms with Gasteiger partial charge >= 0.3 is 11.9 Å². The van der Waals surface area contributed by atoms with Gasteiger partial charge in [0.1, 0.15) is 31.4 Å². The molecule has 1 atom stereocenters. The van der Waals surface area contributed by atoms with Crippen molar-refractivity contribution in [3.63, 3.8) is 0 Å². The Kier molecular flexibility index (Phi) is 41.8. The predicted octanol–water partition coefficient (Wildman–Crippen LogP) is 4.45. The highest BCUT2D eigenvalue weighted by Crippen LogP contribution is 2.48. The van der Waals surface area contributed by atoms with Gasteiger partial charge in [-0.15, -0.1) is 0 Å². The first-order valence-corrected chi connectivity index (χ1v) is 40.4. The third-order valence-electron chi connectivity index (χ3n) is 17.4. The molecule has 4 aromatic carbocycles. The second-order valence-electron chi connectivity index (χ2n) is 29.5. The van der Waals surface area contributed by atoms with Crippen LogP contribution in [0.4, 0.5) is 11.4 Å². The lowest BCUT2D eigenvalue weighted by molar-refractivity contribution is -0.155. The Morgan fingerprint density at radius 1 is 0.426 bits per heavy atom. The first kappa shape index (κ1) is 101. The number of aliphatic hydroxyl groups excluding tert-OH is 2. The molecule has 4 aromatic rings. The predicted molar refractivity (Wildman–Crippen MR) is 429 cm³/mol. The van der Waals surface area contributed by atoms with Crippen molar-refractivity contribution in [1.82, 2.24) is 25.8 Å². The quantitative estimate of drug-likeness (QED) is 0.00954. The average Bonchev–Trinajstić information content (AvgIpc) is 0.941. The molecule has 0 bridgehead atoms. The number of phenols is 6. The molecule has 0 saturated heterocycles. The number of phenolic OH excluding ortho intramolecular Hbond substituents is 4. The number of hydrogen-bond acceptors (Lipinski definition) is 32. The first-order valence-electron chi connectivity index (χ1n) is 38.8. The molecule has 0 saturated carbocycles. The van der Waals surface area contributed by atoms with Gasteiger partial charge in [-0.3, -0.25) is 76.7 Å². The Balaban J connectivity index is 0.000000489. The number of benzene rings is 4. The highest BCUT2D eigenvalue weighted by atomic mass is 32.2. The van der Waals surface area contributed by atoms with Crippen LogP contribution in [0.2, 0.25) is 0 Å². The minimum Gasteiger partial charge on any atom is -0.504 e. The summed E-state index contributed by atoms with van der Waals surface area (Å²) >= 11 is 0. The lowest BCUT2D eigenvalue weighted by Gasteiger charge is -2.18. The van der Waals surface area contributed by atoms with E-state index in [1.807, 2.05) is 0 Å². The summed E-state index contributed by atoms with van der Waals surface area (Å²) in [4.78, 5) is 161. The Morgan fingerprint density at radius 3 is 1.32 bits per heavy atom. The zero-order valence-electron chi connectivity index (χ0n) is 68.6. The topological polar surface area (TPSA) is 588 Å². The molecular weight excluding hydrogens is 1630 g/mol. The molecular formula is C81H107N7O33S. The van der Waals surface area contributed by atoms with Crippen LogP contribution in [0.25, 0.3) is 0 Å². The van der Waals surface area contributed by atoms with Gasteiger partial charge in [-0.1, -0.05) is 18.6 Å². The van der Waals surface area contributed by atoms with Gasteiger partial charge in [0.2, 0.25) is 52.5 Å². The minimum atomic E-state index is -4.66. The SMILES string of the molecule is CC(C)(C)C(=O)OCc1ccc(Oc2cc(CO)c(O)c(O)c2O)c(NC(=O)CCNC(=O)CCCCCN2C(=O)C=CC2=O)c1.CC(C)(C)C(=O)OCc1ccc(Oc2cc(CO)c(O)c(O)c2O)c(NC(=O)CCNC(=O)COCCNC(=O)[C@H](CC(=O)CCOCCOCCOCCOCCCC(=O)CCN2C(=O)C=CC2=O)CS(=O)(=O)O)c1. The van der Waals surface area contributed by atoms with Crippen molar-refractivity contribution in [2.75, 3.05) is 115 Å². The van der Waals surface area contributed by atoms with Gasteiger partial charge < -0.3 is 110 Å². The average molecular weight is 1740 g/mol. The van der Waals surface area contributed by atoms with Crippen LogP contribution in [0.3, 0.4) is 0 Å². The number of ketones is 2. The summed E-state index contributed by atoms with van der Waals surface area (Å²) in [6.45, 7) is 9.42. The minimum absolute atomic E-state index is 0.0145. The second-order valence-corrected chi connectivity index (χ2v) is 31.0. The lowest BCUT2D eigenvalue weighted by Crippen LogP contribution is -2.38. The fraction of sp³-hybridized carbons (Fsp3) is 0.494. The third-order valence-corrected chi connectivity index (χ3v) is 18.3. The number of anilines is 2. The molecule has 0 radical (unpaired) electrons. The largest absolute Gasteiger partial charge is 0.504 e. The Bertz CT molecular complexity index is 4480. The number of imide groups is 2. The van der Waals surface area contributed by atoms with Crippen molar-refractivity contribution in [2.45, 2.75) is 139 Å². The van der Waals surface area contributed by atoms with Crippen LogP contribution >= 0.6 is 0 Å². The third kappa shape index (κ3) is 35.9. The standard InChI is InChI=1S/C49H68N4O22S.C32H39N3O11/c1-49(2,3)48(65)74-29-32-6-7-38(75-39-27-33(28-54)44(61)46(63)45(39)62)37(25-32)52-40(57)10-13-50-41(58)30-73-18-14-51-47(64)34(31-76(66,67)68)26-36(56)12-17-70-20-22-72-24-23-71-21-19-69-16-4-5-35(55)11-15-53-42(59)8-9-43(53)60;1-32(2,3)31(44)45-18-19-8-9-22(46-23-16-20(17-36)28(41)30(43)29(23)42)21(15-19)34-25(38)12-13-33-24(37)7-5-4-6-14-35-26(39)10-11-27(35)40/h6-9,25,27,34,54,61-63H,4-5,10-24,26,28-31H2,1-3H3,(H,50,58)(H,51,64)(H,52,57)(H,66,67,68);8-11,15-16,36,41-43H,4-7,12-14,17-18H2,1-3H3,(H,33,37)(H,34,38)/t34-;/m1./s1. The van der Waals surface area contributed by atoms with Crippen molar-refractivity contribution in [2.24, 2.45) is 16.7 Å². The van der Waals surface area contributed by atoms with E-state index in [0.717, 1.165) is 21.9 Å². The summed E-state index contributed by atoms with van der Waals surface area (Å²) < 4.78 is 81.8. The maximum Gasteiger partial charge on any atom is 0.311 e. The number of unbranched alkanes of at least 4 members (excludes halogenated alkanes) is 2. The molecule has 2 heterocycles. The zero-order valence-corrected chi connectivity index (χ0v) is 69.4. The molecule has 14 N–H and O–H groups in total. The van der Waals surface area contributed by atoms with Crippen LogP contribution in [0.15, 0.2) is 72.8 Å². The van der Waals surface area contributed by atoms with Crippen LogP contribution in [0.1, 0.15) is 134 Å². The maximum atomic E-state index is 13.0. The van der Waals surface area contributed by atoms with E-state index in [-0.39, 0.29) is 193 Å². The summed E-state index contributed by atoms with van der Waals surface area (Å²) in [6.07, 6.45) is 6.49. The van der Waals surface area contributed by atoms with E-state index >= 15 is 0 Å². The van der Waals surface area contributed by atoms with E-state index in [1.54, 1.807) is 47.6 Å². The van der Waals surface area contributed by atoms with E-state index in [4.69, 9.17) is 42.6 Å². The van der Waals surface area contributed by atoms with Gasteiger partial charge in [0.15, 0.2) is 34.5 Å². The molecule has 670 valence electrons. The van der Waals surface area contributed by atoms with Crippen LogP contribution in [0.5, 0.6) is 57.5 Å². The molecule has 41 heteroatoms. The van der Waals surface area contributed by atoms with Gasteiger partial charge in [-0.05, 0) is 108 Å². The van der Waals surface area contributed by atoms with E-state index in [0.29, 0.717) is 56.6 Å².